The van der Waals surface area contributed by atoms with E-state index in [-0.39, 0.29) is 42.1 Å². The van der Waals surface area contributed by atoms with Crippen molar-refractivity contribution in [2.75, 3.05) is 11.9 Å². The van der Waals surface area contributed by atoms with Crippen LogP contribution in [0.1, 0.15) is 49.0 Å². The molecule has 3 aliphatic rings. The first kappa shape index (κ1) is 18.6. The molecule has 8 heteroatoms. The third-order valence-corrected chi connectivity index (χ3v) is 5.95. The maximum absolute atomic E-state index is 12.7. The molecule has 0 aromatic heterocycles. The van der Waals surface area contributed by atoms with Crippen LogP contribution in [0.2, 0.25) is 0 Å². The number of carbonyl (C=O) groups is 4. The fourth-order valence-corrected chi connectivity index (χ4v) is 4.27. The highest BCUT2D eigenvalue weighted by molar-refractivity contribution is 6.06. The number of nitrogens with zero attached hydrogens (tertiary/aromatic N) is 1. The molecule has 148 valence electrons. The van der Waals surface area contributed by atoms with Gasteiger partial charge in [0.2, 0.25) is 17.7 Å². The van der Waals surface area contributed by atoms with Crippen molar-refractivity contribution in [2.45, 2.75) is 51.7 Å². The van der Waals surface area contributed by atoms with E-state index in [1.165, 1.54) is 4.90 Å². The third-order valence-electron chi connectivity index (χ3n) is 5.95. The molecule has 2 saturated heterocycles. The summed E-state index contributed by atoms with van der Waals surface area (Å²) in [4.78, 5) is 50.3. The Morgan fingerprint density at radius 2 is 2.04 bits per heavy atom. The number of hydrogen-bond donors (Lipinski definition) is 3. The van der Waals surface area contributed by atoms with E-state index in [1.54, 1.807) is 18.2 Å². The lowest BCUT2D eigenvalue weighted by Gasteiger charge is -2.29. The Morgan fingerprint density at radius 3 is 2.71 bits per heavy atom. The monoisotopic (exact) mass is 384 g/mol. The van der Waals surface area contributed by atoms with Crippen LogP contribution in [0.5, 0.6) is 0 Å². The second-order valence-corrected chi connectivity index (χ2v) is 8.39. The van der Waals surface area contributed by atoms with Gasteiger partial charge in [-0.05, 0) is 48.6 Å². The normalized spacial score (nSPS) is 26.2. The zero-order valence-corrected chi connectivity index (χ0v) is 16.0. The van der Waals surface area contributed by atoms with Crippen molar-refractivity contribution >= 4 is 29.3 Å². The molecular weight excluding hydrogens is 360 g/mol. The number of fused-ring (bicyclic) bond motifs is 1. The highest BCUT2D eigenvalue weighted by Crippen LogP contribution is 2.32. The van der Waals surface area contributed by atoms with E-state index in [0.29, 0.717) is 17.7 Å². The Morgan fingerprint density at radius 1 is 1.25 bits per heavy atom. The van der Waals surface area contributed by atoms with Crippen LogP contribution < -0.4 is 16.0 Å². The second kappa shape index (κ2) is 6.70. The summed E-state index contributed by atoms with van der Waals surface area (Å²) in [6.07, 6.45) is 1.49. The predicted molar refractivity (Wildman–Crippen MR) is 101 cm³/mol. The summed E-state index contributed by atoms with van der Waals surface area (Å²) in [5, 5.41) is 8.47. The van der Waals surface area contributed by atoms with Gasteiger partial charge in [0.25, 0.3) is 5.91 Å². The standard InChI is InChI=1S/C20H24N4O4/c1-20(2)7-8-21-16(20)18(27)22-12-3-4-13-11(9-12)10-24(19(13)28)14-5-6-15(25)23-17(14)26/h3-4,9,14,16,21H,5-8,10H2,1-2H3,(H,22,27)(H,23,25,26)/t14?,16-/m1/s1. The maximum Gasteiger partial charge on any atom is 0.255 e. The molecule has 2 fully saturated rings. The summed E-state index contributed by atoms with van der Waals surface area (Å²) in [7, 11) is 0. The molecule has 0 radical (unpaired) electrons. The van der Waals surface area contributed by atoms with Crippen LogP contribution in [0.3, 0.4) is 0 Å². The van der Waals surface area contributed by atoms with Crippen molar-refractivity contribution in [2.24, 2.45) is 5.41 Å². The van der Waals surface area contributed by atoms with Gasteiger partial charge in [-0.15, -0.1) is 0 Å². The number of amides is 4. The molecule has 0 spiro atoms. The Labute approximate surface area is 163 Å². The van der Waals surface area contributed by atoms with Gasteiger partial charge in [-0.2, -0.15) is 0 Å². The number of anilines is 1. The van der Waals surface area contributed by atoms with Gasteiger partial charge in [-0.1, -0.05) is 13.8 Å². The zero-order valence-electron chi connectivity index (χ0n) is 16.0. The lowest BCUT2D eigenvalue weighted by atomic mass is 9.84. The fourth-order valence-electron chi connectivity index (χ4n) is 4.27. The van der Waals surface area contributed by atoms with Gasteiger partial charge in [0, 0.05) is 24.2 Å². The number of carbonyl (C=O) groups excluding carboxylic acids is 4. The summed E-state index contributed by atoms with van der Waals surface area (Å²) >= 11 is 0. The van der Waals surface area contributed by atoms with Crippen molar-refractivity contribution in [3.8, 4) is 0 Å². The SMILES string of the molecule is CC1(C)CCN[C@@H]1C(=O)Nc1ccc2c(c1)CN(C1CCC(=O)NC1=O)C2=O. The molecule has 3 aliphatic heterocycles. The van der Waals surface area contributed by atoms with Crippen molar-refractivity contribution in [3.05, 3.63) is 29.3 Å². The summed E-state index contributed by atoms with van der Waals surface area (Å²) in [6, 6.07) is 4.29. The number of imide groups is 1. The lowest BCUT2D eigenvalue weighted by molar-refractivity contribution is -0.137. The lowest BCUT2D eigenvalue weighted by Crippen LogP contribution is -2.52. The predicted octanol–water partition coefficient (Wildman–Crippen LogP) is 0.774. The van der Waals surface area contributed by atoms with Crippen LogP contribution >= 0.6 is 0 Å². The summed E-state index contributed by atoms with van der Waals surface area (Å²) in [6.45, 7) is 5.23. The van der Waals surface area contributed by atoms with Crippen LogP contribution in [0.15, 0.2) is 18.2 Å². The van der Waals surface area contributed by atoms with Crippen LogP contribution in [0.25, 0.3) is 0 Å². The molecule has 0 saturated carbocycles. The van der Waals surface area contributed by atoms with E-state index in [2.05, 4.69) is 29.8 Å². The van der Waals surface area contributed by atoms with Crippen molar-refractivity contribution in [1.29, 1.82) is 0 Å². The van der Waals surface area contributed by atoms with E-state index in [0.717, 1.165) is 18.5 Å². The van der Waals surface area contributed by atoms with Crippen LogP contribution in [-0.4, -0.2) is 47.2 Å². The number of hydrogen-bond acceptors (Lipinski definition) is 5. The number of nitrogens with one attached hydrogen (secondary N) is 3. The molecule has 4 amide bonds. The van der Waals surface area contributed by atoms with E-state index in [4.69, 9.17) is 0 Å². The van der Waals surface area contributed by atoms with Crippen molar-refractivity contribution in [1.82, 2.24) is 15.5 Å². The summed E-state index contributed by atoms with van der Waals surface area (Å²) in [5.74, 6) is -1.05. The third kappa shape index (κ3) is 3.17. The second-order valence-electron chi connectivity index (χ2n) is 8.39. The Kier molecular flexibility index (Phi) is 4.45. The van der Waals surface area contributed by atoms with Crippen LogP contribution in [-0.2, 0) is 20.9 Å². The molecule has 8 nitrogen and oxygen atoms in total. The van der Waals surface area contributed by atoms with Gasteiger partial charge in [-0.25, -0.2) is 0 Å². The molecule has 1 unspecified atom stereocenters. The molecule has 2 atom stereocenters. The molecule has 4 rings (SSSR count). The van der Waals surface area contributed by atoms with Gasteiger partial charge in [0.1, 0.15) is 6.04 Å². The number of rotatable bonds is 3. The minimum absolute atomic E-state index is 0.0891. The first-order valence-electron chi connectivity index (χ1n) is 9.58. The minimum Gasteiger partial charge on any atom is -0.325 e. The Bertz CT molecular complexity index is 879. The first-order chi connectivity index (χ1) is 13.3. The van der Waals surface area contributed by atoms with E-state index in [9.17, 15) is 19.2 Å². The van der Waals surface area contributed by atoms with Crippen LogP contribution in [0, 0.1) is 5.41 Å². The zero-order chi connectivity index (χ0) is 20.1. The summed E-state index contributed by atoms with van der Waals surface area (Å²) in [5.41, 5.74) is 1.82. The van der Waals surface area contributed by atoms with E-state index < -0.39 is 11.9 Å². The van der Waals surface area contributed by atoms with Gasteiger partial charge < -0.3 is 15.5 Å². The molecular formula is C20H24N4O4. The smallest absolute Gasteiger partial charge is 0.255 e. The molecule has 28 heavy (non-hydrogen) atoms. The average Bonchev–Trinajstić information content (AvgIpc) is 3.14. The molecule has 0 aliphatic carbocycles. The number of piperidine rings is 1. The minimum atomic E-state index is -0.640. The van der Waals surface area contributed by atoms with Gasteiger partial charge >= 0.3 is 0 Å². The van der Waals surface area contributed by atoms with E-state index in [1.807, 2.05) is 0 Å². The Balaban J connectivity index is 1.49. The molecule has 3 heterocycles. The molecule has 1 aromatic carbocycles. The van der Waals surface area contributed by atoms with Crippen molar-refractivity contribution in [3.63, 3.8) is 0 Å². The van der Waals surface area contributed by atoms with Gasteiger partial charge in [0.05, 0.1) is 6.04 Å². The topological polar surface area (TPSA) is 108 Å². The van der Waals surface area contributed by atoms with E-state index >= 15 is 0 Å². The molecule has 0 bridgehead atoms. The Hall–Kier alpha value is -2.74. The molecule has 3 N–H and O–H groups in total. The highest BCUT2D eigenvalue weighted by Gasteiger charge is 2.40. The average molecular weight is 384 g/mol. The first-order valence-corrected chi connectivity index (χ1v) is 9.58. The largest absolute Gasteiger partial charge is 0.325 e. The van der Waals surface area contributed by atoms with Crippen molar-refractivity contribution < 1.29 is 19.2 Å². The number of benzene rings is 1. The fraction of sp³-hybridized carbons (Fsp3) is 0.500. The molecule has 1 aromatic rings. The van der Waals surface area contributed by atoms with Gasteiger partial charge in [0.15, 0.2) is 0 Å². The summed E-state index contributed by atoms with van der Waals surface area (Å²) < 4.78 is 0. The highest BCUT2D eigenvalue weighted by atomic mass is 16.2. The maximum atomic E-state index is 12.7. The van der Waals surface area contributed by atoms with Gasteiger partial charge in [-0.3, -0.25) is 24.5 Å². The van der Waals surface area contributed by atoms with Crippen LogP contribution in [0.4, 0.5) is 5.69 Å². The quantitative estimate of drug-likeness (QED) is 0.668.